The number of carbonyl (C=O) groups excluding carboxylic acids is 1. The Hall–Kier alpha value is -2.02. The summed E-state index contributed by atoms with van der Waals surface area (Å²) < 4.78 is 11.2. The molecule has 2 heterocycles. The minimum atomic E-state index is -0.860. The fourth-order valence-corrected chi connectivity index (χ4v) is 2.38. The lowest BCUT2D eigenvalue weighted by Gasteiger charge is -2.34. The fourth-order valence-electron chi connectivity index (χ4n) is 2.38. The lowest BCUT2D eigenvalue weighted by atomic mass is 10.2. The first-order valence-electron chi connectivity index (χ1n) is 7.54. The SMILES string of the molecule is CCc1ccc(C2COCCN2C(=O)NCCCC(=O)O)o1. The Morgan fingerprint density at radius 1 is 1.45 bits per heavy atom. The van der Waals surface area contributed by atoms with Crippen LogP contribution >= 0.6 is 0 Å². The molecule has 1 aliphatic rings. The molecule has 2 rings (SSSR count). The third-order valence-corrected chi connectivity index (χ3v) is 3.59. The number of hydrogen-bond donors (Lipinski definition) is 2. The van der Waals surface area contributed by atoms with E-state index in [1.165, 1.54) is 0 Å². The molecule has 7 nitrogen and oxygen atoms in total. The number of morpholine rings is 1. The molecule has 0 radical (unpaired) electrons. The van der Waals surface area contributed by atoms with Gasteiger partial charge in [0.15, 0.2) is 0 Å². The Labute approximate surface area is 129 Å². The number of carboxylic acids is 1. The number of furan rings is 1. The molecule has 1 unspecified atom stereocenters. The second-order valence-corrected chi connectivity index (χ2v) is 5.17. The molecule has 0 saturated carbocycles. The van der Waals surface area contributed by atoms with Gasteiger partial charge < -0.3 is 24.5 Å². The van der Waals surface area contributed by atoms with E-state index in [1.54, 1.807) is 4.90 Å². The lowest BCUT2D eigenvalue weighted by Crippen LogP contribution is -2.48. The summed E-state index contributed by atoms with van der Waals surface area (Å²) in [5, 5.41) is 11.3. The maximum atomic E-state index is 12.3. The number of carboxylic acid groups (broad SMARTS) is 1. The van der Waals surface area contributed by atoms with Crippen molar-refractivity contribution in [2.24, 2.45) is 0 Å². The maximum absolute atomic E-state index is 12.3. The van der Waals surface area contributed by atoms with Gasteiger partial charge >= 0.3 is 12.0 Å². The van der Waals surface area contributed by atoms with Gasteiger partial charge in [-0.05, 0) is 18.6 Å². The molecule has 2 amide bonds. The fraction of sp³-hybridized carbons (Fsp3) is 0.600. The molecular weight excluding hydrogens is 288 g/mol. The van der Waals surface area contributed by atoms with Crippen molar-refractivity contribution in [1.29, 1.82) is 0 Å². The molecule has 2 N–H and O–H groups in total. The second kappa shape index (κ2) is 7.84. The quantitative estimate of drug-likeness (QED) is 0.782. The monoisotopic (exact) mass is 310 g/mol. The maximum Gasteiger partial charge on any atom is 0.318 e. The molecule has 1 aromatic heterocycles. The van der Waals surface area contributed by atoms with Gasteiger partial charge in [0.25, 0.3) is 0 Å². The molecule has 22 heavy (non-hydrogen) atoms. The van der Waals surface area contributed by atoms with E-state index in [4.69, 9.17) is 14.3 Å². The minimum Gasteiger partial charge on any atom is -0.481 e. The van der Waals surface area contributed by atoms with Gasteiger partial charge in [-0.2, -0.15) is 0 Å². The van der Waals surface area contributed by atoms with E-state index >= 15 is 0 Å². The van der Waals surface area contributed by atoms with Gasteiger partial charge in [-0.15, -0.1) is 0 Å². The van der Waals surface area contributed by atoms with E-state index in [0.717, 1.165) is 17.9 Å². The van der Waals surface area contributed by atoms with Crippen LogP contribution in [0, 0.1) is 0 Å². The van der Waals surface area contributed by atoms with Crippen LogP contribution in [0.4, 0.5) is 4.79 Å². The van der Waals surface area contributed by atoms with Crippen LogP contribution in [0.3, 0.4) is 0 Å². The number of nitrogens with one attached hydrogen (secondary N) is 1. The number of hydrogen-bond acceptors (Lipinski definition) is 4. The minimum absolute atomic E-state index is 0.0465. The average molecular weight is 310 g/mol. The molecule has 7 heteroatoms. The number of amides is 2. The van der Waals surface area contributed by atoms with Gasteiger partial charge in [-0.25, -0.2) is 4.79 Å². The standard InChI is InChI=1S/C15H22N2O5/c1-2-11-5-6-13(22-11)12-10-21-9-8-17(12)15(20)16-7-3-4-14(18)19/h5-6,12H,2-4,7-10H2,1H3,(H,16,20)(H,18,19). The summed E-state index contributed by atoms with van der Waals surface area (Å²) in [5.74, 6) is 0.737. The van der Waals surface area contributed by atoms with Crippen molar-refractivity contribution in [2.45, 2.75) is 32.2 Å². The Kier molecular flexibility index (Phi) is 5.83. The topological polar surface area (TPSA) is 92.0 Å². The second-order valence-electron chi connectivity index (χ2n) is 5.17. The van der Waals surface area contributed by atoms with Gasteiger partial charge in [0.2, 0.25) is 0 Å². The predicted octanol–water partition coefficient (Wildman–Crippen LogP) is 1.79. The van der Waals surface area contributed by atoms with Gasteiger partial charge in [0, 0.05) is 25.9 Å². The van der Waals surface area contributed by atoms with Crippen molar-refractivity contribution in [1.82, 2.24) is 10.2 Å². The van der Waals surface area contributed by atoms with Gasteiger partial charge in [0.1, 0.15) is 17.6 Å². The summed E-state index contributed by atoms with van der Waals surface area (Å²) in [6.07, 6.45) is 1.26. The van der Waals surface area contributed by atoms with E-state index in [-0.39, 0.29) is 18.5 Å². The number of aryl methyl sites for hydroxylation is 1. The first-order chi connectivity index (χ1) is 10.6. The molecular formula is C15H22N2O5. The van der Waals surface area contributed by atoms with Crippen molar-refractivity contribution in [3.05, 3.63) is 23.7 Å². The normalized spacial score (nSPS) is 18.2. The highest BCUT2D eigenvalue weighted by Gasteiger charge is 2.30. The van der Waals surface area contributed by atoms with Crippen molar-refractivity contribution >= 4 is 12.0 Å². The van der Waals surface area contributed by atoms with Crippen LogP contribution in [-0.4, -0.2) is 48.3 Å². The molecule has 0 bridgehead atoms. The number of aliphatic carboxylic acids is 1. The predicted molar refractivity (Wildman–Crippen MR) is 78.6 cm³/mol. The molecule has 1 aromatic rings. The smallest absolute Gasteiger partial charge is 0.318 e. The van der Waals surface area contributed by atoms with Crippen LogP contribution < -0.4 is 5.32 Å². The third-order valence-electron chi connectivity index (χ3n) is 3.59. The number of nitrogens with zero attached hydrogens (tertiary/aromatic N) is 1. The molecule has 122 valence electrons. The molecule has 0 spiro atoms. The zero-order valence-electron chi connectivity index (χ0n) is 12.7. The molecule has 1 fully saturated rings. The average Bonchev–Trinajstić information content (AvgIpc) is 3.00. The van der Waals surface area contributed by atoms with E-state index in [0.29, 0.717) is 32.7 Å². The molecule has 1 aliphatic heterocycles. The number of urea groups is 1. The van der Waals surface area contributed by atoms with Crippen LogP contribution in [0.2, 0.25) is 0 Å². The Bertz CT molecular complexity index is 514. The number of ether oxygens (including phenoxy) is 1. The lowest BCUT2D eigenvalue weighted by molar-refractivity contribution is -0.137. The van der Waals surface area contributed by atoms with E-state index in [9.17, 15) is 9.59 Å². The third kappa shape index (κ3) is 4.24. The zero-order chi connectivity index (χ0) is 15.9. The highest BCUT2D eigenvalue weighted by molar-refractivity contribution is 5.75. The van der Waals surface area contributed by atoms with Crippen molar-refractivity contribution in [3.8, 4) is 0 Å². The molecule has 0 aromatic carbocycles. The Balaban J connectivity index is 1.93. The molecule has 1 saturated heterocycles. The zero-order valence-corrected chi connectivity index (χ0v) is 12.7. The van der Waals surface area contributed by atoms with Crippen LogP contribution in [0.1, 0.15) is 37.3 Å². The first-order valence-corrected chi connectivity index (χ1v) is 7.54. The van der Waals surface area contributed by atoms with Crippen molar-refractivity contribution < 1.29 is 23.8 Å². The summed E-state index contributed by atoms with van der Waals surface area (Å²) in [7, 11) is 0. The van der Waals surface area contributed by atoms with Crippen LogP contribution in [0.15, 0.2) is 16.5 Å². The van der Waals surface area contributed by atoms with Crippen molar-refractivity contribution in [3.63, 3.8) is 0 Å². The summed E-state index contributed by atoms with van der Waals surface area (Å²) in [6.45, 7) is 3.72. The van der Waals surface area contributed by atoms with E-state index < -0.39 is 5.97 Å². The highest BCUT2D eigenvalue weighted by Crippen LogP contribution is 2.26. The first kappa shape index (κ1) is 16.4. The van der Waals surface area contributed by atoms with Gasteiger partial charge in [-0.3, -0.25) is 4.79 Å². The van der Waals surface area contributed by atoms with E-state index in [1.807, 2.05) is 19.1 Å². The highest BCUT2D eigenvalue weighted by atomic mass is 16.5. The van der Waals surface area contributed by atoms with Gasteiger partial charge in [0.05, 0.1) is 13.2 Å². The summed E-state index contributed by atoms with van der Waals surface area (Å²) in [5.41, 5.74) is 0. The number of carbonyl (C=O) groups is 2. The number of rotatable bonds is 6. The van der Waals surface area contributed by atoms with Crippen LogP contribution in [0.5, 0.6) is 0 Å². The molecule has 1 atom stereocenters. The Morgan fingerprint density at radius 3 is 2.95 bits per heavy atom. The summed E-state index contributed by atoms with van der Waals surface area (Å²) in [4.78, 5) is 24.4. The summed E-state index contributed by atoms with van der Waals surface area (Å²) in [6, 6.07) is 3.33. The Morgan fingerprint density at radius 2 is 2.27 bits per heavy atom. The van der Waals surface area contributed by atoms with Crippen LogP contribution in [-0.2, 0) is 16.0 Å². The summed E-state index contributed by atoms with van der Waals surface area (Å²) >= 11 is 0. The van der Waals surface area contributed by atoms with Crippen LogP contribution in [0.25, 0.3) is 0 Å². The largest absolute Gasteiger partial charge is 0.481 e. The van der Waals surface area contributed by atoms with Crippen molar-refractivity contribution in [2.75, 3.05) is 26.3 Å². The van der Waals surface area contributed by atoms with E-state index in [2.05, 4.69) is 5.32 Å². The molecule has 0 aliphatic carbocycles. The van der Waals surface area contributed by atoms with Gasteiger partial charge in [-0.1, -0.05) is 6.92 Å².